The Hall–Kier alpha value is -3.07. The molecule has 0 aliphatic carbocycles. The summed E-state index contributed by atoms with van der Waals surface area (Å²) in [6.45, 7) is 2.48. The van der Waals surface area contributed by atoms with E-state index in [4.69, 9.17) is 4.74 Å². The lowest BCUT2D eigenvalue weighted by atomic mass is 10.2. The van der Waals surface area contributed by atoms with E-state index < -0.39 is 6.09 Å². The van der Waals surface area contributed by atoms with Crippen LogP contribution in [0.25, 0.3) is 0 Å². The molecule has 1 aromatic carbocycles. The molecule has 1 aliphatic rings. The van der Waals surface area contributed by atoms with Gasteiger partial charge in [-0.2, -0.15) is 0 Å². The SMILES string of the molecule is O=C(NCC#Cc1cnc(N2CCCC2)nc1)OCc1ccccc1. The molecule has 0 saturated carbocycles. The predicted octanol–water partition coefficient (Wildman–Crippen LogP) is 2.35. The topological polar surface area (TPSA) is 67.4 Å². The van der Waals surface area contributed by atoms with Gasteiger partial charge >= 0.3 is 6.09 Å². The summed E-state index contributed by atoms with van der Waals surface area (Å²) < 4.78 is 5.11. The number of carbonyl (C=O) groups is 1. The highest BCUT2D eigenvalue weighted by Crippen LogP contribution is 2.14. The second-order valence-electron chi connectivity index (χ2n) is 5.68. The molecule has 3 rings (SSSR count). The van der Waals surface area contributed by atoms with Gasteiger partial charge in [-0.05, 0) is 18.4 Å². The van der Waals surface area contributed by atoms with Crippen LogP contribution in [-0.2, 0) is 11.3 Å². The van der Waals surface area contributed by atoms with Crippen LogP contribution in [0.3, 0.4) is 0 Å². The molecule has 1 aromatic heterocycles. The number of hydrogen-bond donors (Lipinski definition) is 1. The van der Waals surface area contributed by atoms with Crippen molar-refractivity contribution in [2.45, 2.75) is 19.4 Å². The molecule has 6 heteroatoms. The van der Waals surface area contributed by atoms with Crippen molar-refractivity contribution in [3.05, 3.63) is 53.9 Å². The van der Waals surface area contributed by atoms with E-state index in [2.05, 4.69) is 32.0 Å². The average molecular weight is 336 g/mol. The van der Waals surface area contributed by atoms with Crippen molar-refractivity contribution in [3.8, 4) is 11.8 Å². The molecule has 0 spiro atoms. The van der Waals surface area contributed by atoms with E-state index in [0.717, 1.165) is 30.2 Å². The molecular weight excluding hydrogens is 316 g/mol. The fourth-order valence-corrected chi connectivity index (χ4v) is 2.50. The van der Waals surface area contributed by atoms with Crippen LogP contribution < -0.4 is 10.2 Å². The number of nitrogens with zero attached hydrogens (tertiary/aromatic N) is 3. The van der Waals surface area contributed by atoms with E-state index in [1.165, 1.54) is 12.8 Å². The minimum Gasteiger partial charge on any atom is -0.445 e. The smallest absolute Gasteiger partial charge is 0.408 e. The summed E-state index contributed by atoms with van der Waals surface area (Å²) in [5, 5.41) is 2.60. The average Bonchev–Trinajstić information content (AvgIpc) is 3.20. The third-order valence-electron chi connectivity index (χ3n) is 3.79. The minimum atomic E-state index is -0.487. The molecule has 1 fully saturated rings. The zero-order valence-electron chi connectivity index (χ0n) is 13.9. The van der Waals surface area contributed by atoms with Gasteiger partial charge in [0.05, 0.1) is 12.1 Å². The molecule has 0 radical (unpaired) electrons. The summed E-state index contributed by atoms with van der Waals surface area (Å²) in [7, 11) is 0. The lowest BCUT2D eigenvalue weighted by molar-refractivity contribution is 0.141. The number of carbonyl (C=O) groups excluding carboxylic acids is 1. The molecule has 25 heavy (non-hydrogen) atoms. The van der Waals surface area contributed by atoms with Gasteiger partial charge in [0.2, 0.25) is 5.95 Å². The second-order valence-corrected chi connectivity index (χ2v) is 5.68. The molecule has 2 heterocycles. The van der Waals surface area contributed by atoms with Gasteiger partial charge in [0.15, 0.2) is 0 Å². The Kier molecular flexibility index (Phi) is 5.83. The van der Waals surface area contributed by atoms with Crippen LogP contribution in [0.5, 0.6) is 0 Å². The van der Waals surface area contributed by atoms with Crippen molar-refractivity contribution in [3.63, 3.8) is 0 Å². The number of ether oxygens (including phenoxy) is 1. The van der Waals surface area contributed by atoms with Gasteiger partial charge in [0.25, 0.3) is 0 Å². The number of alkyl carbamates (subject to hydrolysis) is 1. The third kappa shape index (κ3) is 5.21. The maximum Gasteiger partial charge on any atom is 0.408 e. The van der Waals surface area contributed by atoms with Crippen LogP contribution in [0.1, 0.15) is 24.0 Å². The van der Waals surface area contributed by atoms with Gasteiger partial charge < -0.3 is 15.0 Å². The number of anilines is 1. The monoisotopic (exact) mass is 336 g/mol. The molecular formula is C19H20N4O2. The van der Waals surface area contributed by atoms with Crippen LogP contribution >= 0.6 is 0 Å². The minimum absolute atomic E-state index is 0.210. The first-order valence-corrected chi connectivity index (χ1v) is 8.32. The van der Waals surface area contributed by atoms with Crippen molar-refractivity contribution < 1.29 is 9.53 Å². The molecule has 1 saturated heterocycles. The van der Waals surface area contributed by atoms with Crippen LogP contribution in [0, 0.1) is 11.8 Å². The van der Waals surface area contributed by atoms with Crippen molar-refractivity contribution >= 4 is 12.0 Å². The molecule has 128 valence electrons. The van der Waals surface area contributed by atoms with Gasteiger partial charge in [-0.15, -0.1) is 0 Å². The summed E-state index contributed by atoms with van der Waals surface area (Å²) >= 11 is 0. The third-order valence-corrected chi connectivity index (χ3v) is 3.79. The lowest BCUT2D eigenvalue weighted by Crippen LogP contribution is -2.24. The maximum absolute atomic E-state index is 11.6. The Labute approximate surface area is 147 Å². The van der Waals surface area contributed by atoms with E-state index in [0.29, 0.717) is 0 Å². The van der Waals surface area contributed by atoms with Crippen LogP contribution in [0.15, 0.2) is 42.7 Å². The zero-order valence-corrected chi connectivity index (χ0v) is 13.9. The molecule has 0 bridgehead atoms. The predicted molar refractivity (Wildman–Crippen MR) is 95.0 cm³/mol. The first-order valence-electron chi connectivity index (χ1n) is 8.32. The molecule has 1 amide bonds. The largest absolute Gasteiger partial charge is 0.445 e. The molecule has 0 unspecified atom stereocenters. The highest BCUT2D eigenvalue weighted by molar-refractivity contribution is 5.67. The van der Waals surface area contributed by atoms with E-state index in [1.54, 1.807) is 12.4 Å². The Morgan fingerprint density at radius 3 is 2.60 bits per heavy atom. The highest BCUT2D eigenvalue weighted by Gasteiger charge is 2.13. The summed E-state index contributed by atoms with van der Waals surface area (Å²) in [6.07, 6.45) is 5.32. The Morgan fingerprint density at radius 1 is 1.16 bits per heavy atom. The van der Waals surface area contributed by atoms with Crippen molar-refractivity contribution in [2.75, 3.05) is 24.5 Å². The van der Waals surface area contributed by atoms with Crippen molar-refractivity contribution in [1.29, 1.82) is 0 Å². The number of nitrogens with one attached hydrogen (secondary N) is 1. The van der Waals surface area contributed by atoms with E-state index in [-0.39, 0.29) is 13.2 Å². The second kappa shape index (κ2) is 8.69. The van der Waals surface area contributed by atoms with Gasteiger partial charge in [0, 0.05) is 25.5 Å². The highest BCUT2D eigenvalue weighted by atomic mass is 16.5. The first kappa shape index (κ1) is 16.8. The molecule has 0 atom stereocenters. The van der Waals surface area contributed by atoms with Gasteiger partial charge in [-0.25, -0.2) is 14.8 Å². The molecule has 1 aliphatic heterocycles. The fraction of sp³-hybridized carbons (Fsp3) is 0.316. The van der Waals surface area contributed by atoms with E-state index >= 15 is 0 Å². The number of amides is 1. The summed E-state index contributed by atoms with van der Waals surface area (Å²) in [5.74, 6) is 6.55. The zero-order chi connectivity index (χ0) is 17.3. The quantitative estimate of drug-likeness (QED) is 0.868. The normalized spacial score (nSPS) is 13.0. The molecule has 6 nitrogen and oxygen atoms in total. The molecule has 2 aromatic rings. The van der Waals surface area contributed by atoms with Gasteiger partial charge in [-0.3, -0.25) is 0 Å². The number of aromatic nitrogens is 2. The number of benzene rings is 1. The standard InChI is InChI=1S/C19H20N4O2/c24-19(25-15-16-7-2-1-3-8-16)20-10-6-9-17-13-21-18(22-14-17)23-11-4-5-12-23/h1-3,7-8,13-14H,4-5,10-12,15H2,(H,20,24). The Bertz CT molecular complexity index is 744. The van der Waals surface area contributed by atoms with E-state index in [9.17, 15) is 4.79 Å². The van der Waals surface area contributed by atoms with Crippen LogP contribution in [-0.4, -0.2) is 35.7 Å². The lowest BCUT2D eigenvalue weighted by Gasteiger charge is -2.13. The summed E-state index contributed by atoms with van der Waals surface area (Å²) in [5.41, 5.74) is 1.67. The molecule has 1 N–H and O–H groups in total. The van der Waals surface area contributed by atoms with Crippen molar-refractivity contribution in [2.24, 2.45) is 0 Å². The fourth-order valence-electron chi connectivity index (χ4n) is 2.50. The Balaban J connectivity index is 1.40. The summed E-state index contributed by atoms with van der Waals surface area (Å²) in [4.78, 5) is 22.4. The summed E-state index contributed by atoms with van der Waals surface area (Å²) in [6, 6.07) is 9.52. The van der Waals surface area contributed by atoms with Crippen LogP contribution in [0.4, 0.5) is 10.7 Å². The number of hydrogen-bond acceptors (Lipinski definition) is 5. The Morgan fingerprint density at radius 2 is 1.88 bits per heavy atom. The van der Waals surface area contributed by atoms with Gasteiger partial charge in [0.1, 0.15) is 6.61 Å². The van der Waals surface area contributed by atoms with E-state index in [1.807, 2.05) is 30.3 Å². The van der Waals surface area contributed by atoms with Gasteiger partial charge in [-0.1, -0.05) is 42.2 Å². The first-order chi connectivity index (χ1) is 12.3. The van der Waals surface area contributed by atoms with Crippen LogP contribution in [0.2, 0.25) is 0 Å². The number of rotatable bonds is 4. The maximum atomic E-state index is 11.6. The van der Waals surface area contributed by atoms with Crippen molar-refractivity contribution in [1.82, 2.24) is 15.3 Å².